The molecular formula is C13H17ClN2O3S. The van der Waals surface area contributed by atoms with Crippen LogP contribution < -0.4 is 10.6 Å². The second-order valence-electron chi connectivity index (χ2n) is 4.87. The largest absolute Gasteiger partial charge is 0.325 e. The fourth-order valence-electron chi connectivity index (χ4n) is 2.10. The molecule has 1 fully saturated rings. The molecule has 1 heterocycles. The molecule has 20 heavy (non-hydrogen) atoms. The van der Waals surface area contributed by atoms with E-state index in [4.69, 9.17) is 11.6 Å². The average Bonchev–Trinajstić information content (AvgIpc) is 2.37. The smallest absolute Gasteiger partial charge is 0.238 e. The third kappa shape index (κ3) is 4.77. The van der Waals surface area contributed by atoms with Crippen molar-refractivity contribution in [2.75, 3.05) is 23.4 Å². The highest BCUT2D eigenvalue weighted by atomic mass is 35.5. The van der Waals surface area contributed by atoms with E-state index in [9.17, 15) is 13.2 Å². The van der Waals surface area contributed by atoms with Crippen molar-refractivity contribution in [1.29, 1.82) is 0 Å². The predicted octanol–water partition coefficient (Wildman–Crippen LogP) is 1.45. The molecule has 7 heteroatoms. The van der Waals surface area contributed by atoms with Gasteiger partial charge in [-0.2, -0.15) is 0 Å². The number of amides is 1. The molecule has 1 aromatic carbocycles. The minimum absolute atomic E-state index is 0.0867. The lowest BCUT2D eigenvalue weighted by Gasteiger charge is -2.22. The van der Waals surface area contributed by atoms with Crippen molar-refractivity contribution in [1.82, 2.24) is 5.32 Å². The van der Waals surface area contributed by atoms with Gasteiger partial charge < -0.3 is 10.6 Å². The maximum Gasteiger partial charge on any atom is 0.238 e. The van der Waals surface area contributed by atoms with Gasteiger partial charge in [-0.25, -0.2) is 8.42 Å². The summed E-state index contributed by atoms with van der Waals surface area (Å²) in [6, 6.07) is 7.02. The molecule has 110 valence electrons. The Bertz CT molecular complexity index is 575. The second-order valence-corrected chi connectivity index (χ2v) is 7.61. The lowest BCUT2D eigenvalue weighted by atomic mass is 10.1. The third-order valence-electron chi connectivity index (χ3n) is 3.21. The number of benzene rings is 1. The highest BCUT2D eigenvalue weighted by Crippen LogP contribution is 2.15. The molecule has 0 bridgehead atoms. The van der Waals surface area contributed by atoms with E-state index in [0.29, 0.717) is 23.6 Å². The van der Waals surface area contributed by atoms with E-state index >= 15 is 0 Å². The average molecular weight is 317 g/mol. The number of rotatable bonds is 4. The van der Waals surface area contributed by atoms with E-state index in [2.05, 4.69) is 10.6 Å². The first kappa shape index (κ1) is 15.3. The first-order valence-electron chi connectivity index (χ1n) is 6.44. The predicted molar refractivity (Wildman–Crippen MR) is 79.8 cm³/mol. The van der Waals surface area contributed by atoms with Crippen molar-refractivity contribution in [3.05, 3.63) is 29.3 Å². The van der Waals surface area contributed by atoms with Gasteiger partial charge in [0.25, 0.3) is 0 Å². The quantitative estimate of drug-likeness (QED) is 0.881. The minimum atomic E-state index is -2.86. The SMILES string of the molecule is O=C(CNC1CCS(=O)(=O)CC1)Nc1cccc(Cl)c1. The van der Waals surface area contributed by atoms with Crippen LogP contribution in [0.25, 0.3) is 0 Å². The molecule has 0 radical (unpaired) electrons. The molecule has 0 unspecified atom stereocenters. The molecule has 5 nitrogen and oxygen atoms in total. The third-order valence-corrected chi connectivity index (χ3v) is 5.16. The minimum Gasteiger partial charge on any atom is -0.325 e. The number of nitrogens with one attached hydrogen (secondary N) is 2. The van der Waals surface area contributed by atoms with Gasteiger partial charge in [-0.1, -0.05) is 17.7 Å². The van der Waals surface area contributed by atoms with Crippen molar-refractivity contribution in [3.8, 4) is 0 Å². The molecule has 0 saturated carbocycles. The van der Waals surface area contributed by atoms with Gasteiger partial charge in [-0.3, -0.25) is 4.79 Å². The Balaban J connectivity index is 1.76. The summed E-state index contributed by atoms with van der Waals surface area (Å²) in [5.74, 6) is 0.224. The number of carbonyl (C=O) groups excluding carboxylic acids is 1. The van der Waals surface area contributed by atoms with Gasteiger partial charge in [0.2, 0.25) is 5.91 Å². The molecular weight excluding hydrogens is 300 g/mol. The highest BCUT2D eigenvalue weighted by Gasteiger charge is 2.23. The van der Waals surface area contributed by atoms with E-state index in [1.165, 1.54) is 0 Å². The Labute approximate surface area is 123 Å². The fraction of sp³-hybridized carbons (Fsp3) is 0.462. The van der Waals surface area contributed by atoms with Gasteiger partial charge in [0.15, 0.2) is 0 Å². The summed E-state index contributed by atoms with van der Waals surface area (Å²) < 4.78 is 22.6. The fourth-order valence-corrected chi connectivity index (χ4v) is 3.78. The Morgan fingerprint density at radius 1 is 1.30 bits per heavy atom. The van der Waals surface area contributed by atoms with Crippen LogP contribution in [0, 0.1) is 0 Å². The second kappa shape index (κ2) is 6.56. The number of anilines is 1. The van der Waals surface area contributed by atoms with Crippen LogP contribution in [0.5, 0.6) is 0 Å². The molecule has 1 amide bonds. The van der Waals surface area contributed by atoms with Crippen LogP contribution >= 0.6 is 11.6 Å². The first-order valence-corrected chi connectivity index (χ1v) is 8.64. The highest BCUT2D eigenvalue weighted by molar-refractivity contribution is 7.91. The Kier molecular flexibility index (Phi) is 5.01. The normalized spacial score (nSPS) is 18.6. The summed E-state index contributed by atoms with van der Waals surface area (Å²) in [5.41, 5.74) is 0.649. The van der Waals surface area contributed by atoms with Crippen LogP contribution in [0.1, 0.15) is 12.8 Å². The Morgan fingerprint density at radius 2 is 2.00 bits per heavy atom. The maximum absolute atomic E-state index is 11.8. The number of hydrogen-bond donors (Lipinski definition) is 2. The molecule has 1 saturated heterocycles. The van der Waals surface area contributed by atoms with Crippen LogP contribution in [-0.4, -0.2) is 38.4 Å². The summed E-state index contributed by atoms with van der Waals surface area (Å²) in [6.45, 7) is 0.164. The zero-order valence-electron chi connectivity index (χ0n) is 10.9. The molecule has 2 N–H and O–H groups in total. The molecule has 1 aliphatic heterocycles. The van der Waals surface area contributed by atoms with Gasteiger partial charge in [0.1, 0.15) is 9.84 Å². The van der Waals surface area contributed by atoms with E-state index in [1.807, 2.05) is 0 Å². The van der Waals surface area contributed by atoms with E-state index < -0.39 is 9.84 Å². The Hall–Kier alpha value is -1.11. The van der Waals surface area contributed by atoms with Crippen LogP contribution in [-0.2, 0) is 14.6 Å². The van der Waals surface area contributed by atoms with Crippen molar-refractivity contribution in [2.24, 2.45) is 0 Å². The van der Waals surface area contributed by atoms with Gasteiger partial charge in [0, 0.05) is 16.8 Å². The van der Waals surface area contributed by atoms with Crippen molar-refractivity contribution >= 4 is 33.0 Å². The van der Waals surface area contributed by atoms with Crippen molar-refractivity contribution in [3.63, 3.8) is 0 Å². The molecule has 1 aromatic rings. The van der Waals surface area contributed by atoms with Gasteiger partial charge >= 0.3 is 0 Å². The topological polar surface area (TPSA) is 75.3 Å². The molecule has 1 aliphatic rings. The van der Waals surface area contributed by atoms with E-state index in [1.54, 1.807) is 24.3 Å². The van der Waals surface area contributed by atoms with Crippen LogP contribution in [0.2, 0.25) is 5.02 Å². The lowest BCUT2D eigenvalue weighted by Crippen LogP contribution is -2.41. The standard InChI is InChI=1S/C13H17ClN2O3S/c14-10-2-1-3-12(8-10)16-13(17)9-15-11-4-6-20(18,19)7-5-11/h1-3,8,11,15H,4-7,9H2,(H,16,17). The van der Waals surface area contributed by atoms with E-state index in [0.717, 1.165) is 0 Å². The van der Waals surface area contributed by atoms with Gasteiger partial charge in [0.05, 0.1) is 18.1 Å². The zero-order valence-corrected chi connectivity index (χ0v) is 12.5. The Morgan fingerprint density at radius 3 is 2.65 bits per heavy atom. The summed E-state index contributed by atoms with van der Waals surface area (Å²) in [4.78, 5) is 11.8. The number of hydrogen-bond acceptors (Lipinski definition) is 4. The van der Waals surface area contributed by atoms with Gasteiger partial charge in [-0.15, -0.1) is 0 Å². The summed E-state index contributed by atoms with van der Waals surface area (Å²) in [7, 11) is -2.86. The van der Waals surface area contributed by atoms with Crippen molar-refractivity contribution in [2.45, 2.75) is 18.9 Å². The number of sulfone groups is 1. The van der Waals surface area contributed by atoms with Crippen molar-refractivity contribution < 1.29 is 13.2 Å². The molecule has 0 atom stereocenters. The van der Waals surface area contributed by atoms with Crippen LogP contribution in [0.4, 0.5) is 5.69 Å². The monoisotopic (exact) mass is 316 g/mol. The zero-order chi connectivity index (χ0) is 14.6. The van der Waals surface area contributed by atoms with Crippen LogP contribution in [0.3, 0.4) is 0 Å². The lowest BCUT2D eigenvalue weighted by molar-refractivity contribution is -0.115. The summed E-state index contributed by atoms with van der Waals surface area (Å²) in [6.07, 6.45) is 1.12. The van der Waals surface area contributed by atoms with Gasteiger partial charge in [-0.05, 0) is 31.0 Å². The van der Waals surface area contributed by atoms with Crippen LogP contribution in [0.15, 0.2) is 24.3 Å². The van der Waals surface area contributed by atoms with E-state index in [-0.39, 0.29) is 30.0 Å². The molecule has 0 aromatic heterocycles. The molecule has 0 spiro atoms. The summed E-state index contributed by atoms with van der Waals surface area (Å²) in [5, 5.41) is 6.38. The number of carbonyl (C=O) groups is 1. The number of halogens is 1. The first-order chi connectivity index (χ1) is 9.44. The molecule has 2 rings (SSSR count). The molecule has 0 aliphatic carbocycles. The maximum atomic E-state index is 11.8. The summed E-state index contributed by atoms with van der Waals surface area (Å²) >= 11 is 5.83.